The normalized spacial score (nSPS) is 10.7. The Morgan fingerprint density at radius 1 is 0.197 bits per heavy atom. The van der Waals surface area contributed by atoms with E-state index in [1.807, 2.05) is 0 Å². The number of aliphatic carboxylic acids is 15. The number of carboxylic acid groups (broad SMARTS) is 15. The molecular weight excluding hydrogens is 936 g/mol. The molecule has 0 saturated carbocycles. The number of hydrogen-bond acceptors (Lipinski definition) is 20. The maximum Gasteiger partial charge on any atom is 0.336 e. The van der Waals surface area contributed by atoms with Crippen LogP contribution in [0.3, 0.4) is 0 Å². The molecule has 0 aromatic rings. The summed E-state index contributed by atoms with van der Waals surface area (Å²) in [5, 5.41) is 169. The Morgan fingerprint density at radius 3 is 0.288 bits per heavy atom. The molecule has 0 spiro atoms. The van der Waals surface area contributed by atoms with Crippen LogP contribution in [0, 0.1) is 0 Å². The van der Waals surface area contributed by atoms with Crippen LogP contribution >= 0.6 is 0 Å². The molecule has 66 heavy (non-hydrogen) atoms. The van der Waals surface area contributed by atoms with E-state index in [9.17, 15) is 71.9 Å². The van der Waals surface area contributed by atoms with Gasteiger partial charge in [-0.15, -0.1) is 0 Å². The van der Waals surface area contributed by atoms with Gasteiger partial charge in [0.2, 0.25) is 0 Å². The van der Waals surface area contributed by atoms with Crippen molar-refractivity contribution in [2.75, 3.05) is 0 Å². The predicted octanol–water partition coefficient (Wildman–Crippen LogP) is -7.07. The topological polar surface area (TPSA) is 692 Å². The van der Waals surface area contributed by atoms with Crippen LogP contribution in [0.5, 0.6) is 0 Å². The van der Waals surface area contributed by atoms with Gasteiger partial charge < -0.3 is 108 Å². The highest BCUT2D eigenvalue weighted by atomic mass is 16.5. The van der Waals surface area contributed by atoms with Crippen LogP contribution in [-0.4, -0.2) is 225 Å². The van der Waals surface area contributed by atoms with Crippen molar-refractivity contribution < 1.29 is 180 Å². The van der Waals surface area contributed by atoms with Gasteiger partial charge in [-0.05, 0) is 0 Å². The molecule has 0 amide bonds. The summed E-state index contributed by atoms with van der Waals surface area (Å²) in [5.41, 5.74) is -13.7. The Balaban J connectivity index is -0.000000170. The summed E-state index contributed by atoms with van der Waals surface area (Å²) in [4.78, 5) is 152. The van der Waals surface area contributed by atoms with Gasteiger partial charge in [-0.25, -0.2) is 24.0 Å². The lowest BCUT2D eigenvalue weighted by atomic mass is 9.96. The van der Waals surface area contributed by atoms with Gasteiger partial charge in [0.1, 0.15) is 0 Å². The quantitative estimate of drug-likeness (QED) is 0.0404. The van der Waals surface area contributed by atoms with Crippen LogP contribution < -0.4 is 0 Å². The molecule has 0 aliphatic rings. The highest BCUT2D eigenvalue weighted by Crippen LogP contribution is 2.19. The molecule has 0 bridgehead atoms. The summed E-state index contributed by atoms with van der Waals surface area (Å²) in [6.45, 7) is 0. The highest BCUT2D eigenvalue weighted by molar-refractivity contribution is 5.91. The summed E-state index contributed by atoms with van der Waals surface area (Å²) in [5.74, 6) is -25.1. The van der Waals surface area contributed by atoms with Crippen molar-refractivity contribution in [3.8, 4) is 0 Å². The van der Waals surface area contributed by atoms with Gasteiger partial charge in [-0.3, -0.25) is 47.9 Å². The second-order valence-corrected chi connectivity index (χ2v) is 12.4. The average Bonchev–Trinajstić information content (AvgIpc) is 3.01. The van der Waals surface area contributed by atoms with E-state index in [0.29, 0.717) is 0 Å². The Bertz CT molecular complexity index is 1440. The molecule has 0 atom stereocenters. The van der Waals surface area contributed by atoms with Crippen molar-refractivity contribution in [2.24, 2.45) is 0 Å². The molecule has 0 aliphatic heterocycles. The van der Waals surface area contributed by atoms with Gasteiger partial charge in [0.25, 0.3) is 0 Å². The fourth-order valence-corrected chi connectivity index (χ4v) is 3.57. The first-order valence-electron chi connectivity index (χ1n) is 15.9. The van der Waals surface area contributed by atoms with Crippen molar-refractivity contribution in [3.63, 3.8) is 0 Å². The number of hydrogen-bond donors (Lipinski definition) is 20. The predicted molar refractivity (Wildman–Crippen MR) is 189 cm³/mol. The lowest BCUT2D eigenvalue weighted by molar-refractivity contribution is -0.170. The van der Waals surface area contributed by atoms with Crippen LogP contribution in [0.2, 0.25) is 0 Å². The SMILES string of the molecule is O.O=C(O)CC(O)(CC(=O)O)C(=O)O.O=C(O)CC(O)(CC(=O)O)C(=O)O.O=C(O)CC(O)(CC(=O)O)C(=O)O.O=C(O)CC(O)(CC(=O)O)C(=O)O.O=C(O)CC(O)(CC(=O)O)C(=O)O. The zero-order chi connectivity index (χ0) is 53.2. The fraction of sp³-hybridized carbons (Fsp3) is 0.500. The minimum Gasteiger partial charge on any atom is -0.481 e. The molecule has 0 unspecified atom stereocenters. The lowest BCUT2D eigenvalue weighted by Crippen LogP contribution is -2.42. The van der Waals surface area contributed by atoms with Crippen molar-refractivity contribution >= 4 is 89.5 Å². The number of carbonyl (C=O) groups is 15. The zero-order valence-electron chi connectivity index (χ0n) is 32.6. The monoisotopic (exact) mass is 978 g/mol. The third-order valence-electron chi connectivity index (χ3n) is 6.43. The number of aliphatic hydroxyl groups is 5. The number of carboxylic acids is 15. The molecule has 0 aliphatic carbocycles. The van der Waals surface area contributed by atoms with Gasteiger partial charge in [-0.1, -0.05) is 0 Å². The second-order valence-electron chi connectivity index (χ2n) is 12.4. The molecule has 378 valence electrons. The molecule has 36 heteroatoms. The fourth-order valence-electron chi connectivity index (χ4n) is 3.57. The van der Waals surface area contributed by atoms with Crippen molar-refractivity contribution in [1.82, 2.24) is 0 Å². The van der Waals surface area contributed by atoms with Gasteiger partial charge in [0.05, 0.1) is 64.2 Å². The summed E-state index contributed by atoms with van der Waals surface area (Å²) in [6.07, 6.45) is -11.4. The zero-order valence-corrected chi connectivity index (χ0v) is 32.6. The van der Waals surface area contributed by atoms with Crippen LogP contribution in [0.4, 0.5) is 0 Å². The Hall–Kier alpha value is -8.19. The minimum atomic E-state index is -2.74. The highest BCUT2D eigenvalue weighted by Gasteiger charge is 2.44. The Morgan fingerprint density at radius 2 is 0.258 bits per heavy atom. The third kappa shape index (κ3) is 32.5. The van der Waals surface area contributed by atoms with Gasteiger partial charge in [-0.2, -0.15) is 0 Å². The van der Waals surface area contributed by atoms with E-state index in [1.54, 1.807) is 0 Å². The summed E-state index contributed by atoms with van der Waals surface area (Å²) < 4.78 is 0. The molecule has 36 nitrogen and oxygen atoms in total. The van der Waals surface area contributed by atoms with E-state index in [1.165, 1.54) is 0 Å². The molecule has 0 saturated heterocycles. The average molecular weight is 979 g/mol. The molecule has 0 rings (SSSR count). The summed E-state index contributed by atoms with van der Waals surface area (Å²) >= 11 is 0. The lowest BCUT2D eigenvalue weighted by Gasteiger charge is -2.18. The Labute approximate surface area is 361 Å². The van der Waals surface area contributed by atoms with Gasteiger partial charge >= 0.3 is 89.5 Å². The molecule has 0 heterocycles. The molecule has 22 N–H and O–H groups in total. The maximum atomic E-state index is 10.3. The molecule has 0 fully saturated rings. The minimum absolute atomic E-state index is 0. The van der Waals surface area contributed by atoms with Crippen molar-refractivity contribution in [3.05, 3.63) is 0 Å². The summed E-state index contributed by atoms with van der Waals surface area (Å²) in [6, 6.07) is 0. The maximum absolute atomic E-state index is 10.3. The van der Waals surface area contributed by atoms with Crippen molar-refractivity contribution in [1.29, 1.82) is 0 Å². The van der Waals surface area contributed by atoms with E-state index in [2.05, 4.69) is 0 Å². The van der Waals surface area contributed by atoms with Crippen molar-refractivity contribution in [2.45, 2.75) is 92.2 Å². The Kier molecular flexibility index (Phi) is 31.6. The van der Waals surface area contributed by atoms with E-state index in [0.717, 1.165) is 0 Å². The third-order valence-corrected chi connectivity index (χ3v) is 6.43. The first kappa shape index (κ1) is 69.5. The van der Waals surface area contributed by atoms with E-state index < -0.39 is 182 Å². The molecule has 0 aromatic carbocycles. The van der Waals surface area contributed by atoms with Gasteiger partial charge in [0, 0.05) is 0 Å². The van der Waals surface area contributed by atoms with Gasteiger partial charge in [0.15, 0.2) is 28.0 Å². The first-order chi connectivity index (χ1) is 28.9. The van der Waals surface area contributed by atoms with E-state index >= 15 is 0 Å². The van der Waals surface area contributed by atoms with Crippen LogP contribution in [0.25, 0.3) is 0 Å². The number of rotatable bonds is 25. The van der Waals surface area contributed by atoms with Crippen LogP contribution in [0.1, 0.15) is 64.2 Å². The second kappa shape index (κ2) is 30.0. The summed E-state index contributed by atoms with van der Waals surface area (Å²) in [7, 11) is 0. The molecule has 0 radical (unpaired) electrons. The molecular formula is C30H42O36. The molecule has 0 aromatic heterocycles. The largest absolute Gasteiger partial charge is 0.481 e. The smallest absolute Gasteiger partial charge is 0.336 e. The van der Waals surface area contributed by atoms with E-state index in [4.69, 9.17) is 102 Å². The van der Waals surface area contributed by atoms with E-state index in [-0.39, 0.29) is 5.48 Å². The standard InChI is InChI=1S/5C6H8O7.H2O/c5*7-3(8)1-6(13,5(11)12)2-4(9)10;/h5*13H,1-2H2,(H,7,8)(H,9,10)(H,11,12);1H2. The van der Waals surface area contributed by atoms with Crippen LogP contribution in [-0.2, 0) is 71.9 Å². The first-order valence-corrected chi connectivity index (χ1v) is 15.9. The van der Waals surface area contributed by atoms with Crippen LogP contribution in [0.15, 0.2) is 0 Å².